The molecule has 17 heavy (non-hydrogen) atoms. The molecule has 1 aromatic rings. The van der Waals surface area contributed by atoms with Gasteiger partial charge in [0.05, 0.1) is 5.69 Å². The highest BCUT2D eigenvalue weighted by molar-refractivity contribution is 5.07. The summed E-state index contributed by atoms with van der Waals surface area (Å²) in [5, 5.41) is 7.15. The Kier molecular flexibility index (Phi) is 4.99. The zero-order valence-electron chi connectivity index (χ0n) is 10.1. The number of nitrogens with zero attached hydrogens (tertiary/aromatic N) is 2. The van der Waals surface area contributed by atoms with Gasteiger partial charge >= 0.3 is 6.18 Å². The molecular formula is C11H18F3N3. The van der Waals surface area contributed by atoms with Crippen molar-refractivity contribution in [3.05, 3.63) is 18.0 Å². The van der Waals surface area contributed by atoms with Gasteiger partial charge in [0.15, 0.2) is 0 Å². The highest BCUT2D eigenvalue weighted by Gasteiger charge is 2.29. The second-order valence-corrected chi connectivity index (χ2v) is 3.84. The predicted octanol–water partition coefficient (Wildman–Crippen LogP) is 2.90. The van der Waals surface area contributed by atoms with Crippen LogP contribution < -0.4 is 5.32 Å². The van der Waals surface area contributed by atoms with Crippen molar-refractivity contribution in [2.24, 2.45) is 0 Å². The number of hydrogen-bond donors (Lipinski definition) is 1. The normalized spacial score (nSPS) is 13.9. The Bertz CT molecular complexity index is 333. The first-order chi connectivity index (χ1) is 7.98. The molecule has 3 nitrogen and oxygen atoms in total. The van der Waals surface area contributed by atoms with Crippen molar-refractivity contribution in [1.29, 1.82) is 0 Å². The van der Waals surface area contributed by atoms with Crippen LogP contribution in [0.4, 0.5) is 13.2 Å². The Balaban J connectivity index is 2.71. The van der Waals surface area contributed by atoms with E-state index in [0.29, 0.717) is 13.1 Å². The molecular weight excluding hydrogens is 231 g/mol. The molecule has 0 aliphatic carbocycles. The first-order valence-corrected chi connectivity index (χ1v) is 5.79. The van der Waals surface area contributed by atoms with E-state index in [1.807, 2.05) is 13.8 Å². The Labute approximate surface area is 99.0 Å². The minimum Gasteiger partial charge on any atom is -0.309 e. The second kappa shape index (κ2) is 6.05. The lowest BCUT2D eigenvalue weighted by molar-refractivity contribution is -0.136. The van der Waals surface area contributed by atoms with Gasteiger partial charge in [-0.15, -0.1) is 0 Å². The van der Waals surface area contributed by atoms with E-state index in [1.165, 1.54) is 0 Å². The third kappa shape index (κ3) is 4.38. The molecule has 0 aliphatic heterocycles. The Morgan fingerprint density at radius 1 is 1.41 bits per heavy atom. The van der Waals surface area contributed by atoms with Gasteiger partial charge in [0.2, 0.25) is 0 Å². The predicted molar refractivity (Wildman–Crippen MR) is 59.6 cm³/mol. The summed E-state index contributed by atoms with van der Waals surface area (Å²) in [7, 11) is 0. The molecule has 1 N–H and O–H groups in total. The average Bonchev–Trinajstić information content (AvgIpc) is 2.70. The molecule has 1 heterocycles. The van der Waals surface area contributed by atoms with Crippen LogP contribution >= 0.6 is 0 Å². The number of rotatable bonds is 6. The molecule has 0 saturated carbocycles. The Hall–Kier alpha value is -1.04. The van der Waals surface area contributed by atoms with Gasteiger partial charge < -0.3 is 5.32 Å². The largest absolute Gasteiger partial charge is 0.389 e. The molecule has 0 spiro atoms. The molecule has 0 aromatic carbocycles. The fourth-order valence-corrected chi connectivity index (χ4v) is 1.81. The average molecular weight is 249 g/mol. The maximum atomic E-state index is 12.2. The third-order valence-corrected chi connectivity index (χ3v) is 2.57. The molecule has 0 radical (unpaired) electrons. The monoisotopic (exact) mass is 249 g/mol. The van der Waals surface area contributed by atoms with Crippen LogP contribution in [0.1, 0.15) is 38.4 Å². The molecule has 0 fully saturated rings. The van der Waals surface area contributed by atoms with Crippen LogP contribution in [0.15, 0.2) is 12.3 Å². The van der Waals surface area contributed by atoms with Gasteiger partial charge in [-0.2, -0.15) is 18.3 Å². The van der Waals surface area contributed by atoms with Gasteiger partial charge in [-0.1, -0.05) is 6.92 Å². The van der Waals surface area contributed by atoms with Gasteiger partial charge in [-0.3, -0.25) is 4.68 Å². The molecule has 1 atom stereocenters. The van der Waals surface area contributed by atoms with E-state index >= 15 is 0 Å². The van der Waals surface area contributed by atoms with Crippen molar-refractivity contribution in [2.75, 3.05) is 6.54 Å². The van der Waals surface area contributed by atoms with Crippen LogP contribution in [0, 0.1) is 0 Å². The van der Waals surface area contributed by atoms with Crippen LogP contribution in [-0.4, -0.2) is 22.5 Å². The van der Waals surface area contributed by atoms with Crippen LogP contribution in [0.3, 0.4) is 0 Å². The van der Waals surface area contributed by atoms with Crippen molar-refractivity contribution >= 4 is 0 Å². The highest BCUT2D eigenvalue weighted by Crippen LogP contribution is 2.27. The maximum absolute atomic E-state index is 12.2. The van der Waals surface area contributed by atoms with Crippen LogP contribution in [0.25, 0.3) is 0 Å². The Morgan fingerprint density at radius 2 is 2.12 bits per heavy atom. The smallest absolute Gasteiger partial charge is 0.309 e. The number of aromatic nitrogens is 2. The van der Waals surface area contributed by atoms with E-state index in [4.69, 9.17) is 0 Å². The second-order valence-electron chi connectivity index (χ2n) is 3.84. The maximum Gasteiger partial charge on any atom is 0.389 e. The molecule has 1 unspecified atom stereocenters. The van der Waals surface area contributed by atoms with Crippen LogP contribution in [0.5, 0.6) is 0 Å². The number of aryl methyl sites for hydroxylation is 1. The standard InChI is InChI=1S/C11H18F3N3/c1-3-15-9(5-7-11(12,13)14)10-6-8-16-17(10)4-2/h6,8-9,15H,3-5,7H2,1-2H3. The summed E-state index contributed by atoms with van der Waals surface area (Å²) in [6.07, 6.45) is -3.22. The van der Waals surface area contributed by atoms with Gasteiger partial charge in [0.1, 0.15) is 0 Å². The molecule has 0 aliphatic rings. The zero-order valence-corrected chi connectivity index (χ0v) is 10.1. The summed E-state index contributed by atoms with van der Waals surface area (Å²) in [6.45, 7) is 5.10. The van der Waals surface area contributed by atoms with Crippen molar-refractivity contribution in [3.8, 4) is 0 Å². The highest BCUT2D eigenvalue weighted by atomic mass is 19.4. The van der Waals surface area contributed by atoms with Crippen LogP contribution in [0.2, 0.25) is 0 Å². The van der Waals surface area contributed by atoms with E-state index in [2.05, 4.69) is 10.4 Å². The van der Waals surface area contributed by atoms with Gasteiger partial charge in [0.25, 0.3) is 0 Å². The lowest BCUT2D eigenvalue weighted by Crippen LogP contribution is -2.25. The third-order valence-electron chi connectivity index (χ3n) is 2.57. The molecule has 0 amide bonds. The summed E-state index contributed by atoms with van der Waals surface area (Å²) in [5.41, 5.74) is 0.818. The molecule has 98 valence electrons. The fourth-order valence-electron chi connectivity index (χ4n) is 1.81. The number of alkyl halides is 3. The Morgan fingerprint density at radius 3 is 2.65 bits per heavy atom. The lowest BCUT2D eigenvalue weighted by Gasteiger charge is -2.19. The van der Waals surface area contributed by atoms with E-state index in [9.17, 15) is 13.2 Å². The summed E-state index contributed by atoms with van der Waals surface area (Å²) in [5.74, 6) is 0. The van der Waals surface area contributed by atoms with Crippen LogP contribution in [-0.2, 0) is 6.54 Å². The first kappa shape index (κ1) is 14.0. The minimum absolute atomic E-state index is 0.0447. The summed E-state index contributed by atoms with van der Waals surface area (Å²) in [6, 6.07) is 1.48. The minimum atomic E-state index is -4.11. The molecule has 0 saturated heterocycles. The topological polar surface area (TPSA) is 29.9 Å². The number of nitrogens with one attached hydrogen (secondary N) is 1. The van der Waals surface area contributed by atoms with Gasteiger partial charge in [-0.05, 0) is 26.0 Å². The summed E-state index contributed by atoms with van der Waals surface area (Å²) >= 11 is 0. The molecule has 1 rings (SSSR count). The van der Waals surface area contributed by atoms with Gasteiger partial charge in [0, 0.05) is 25.2 Å². The first-order valence-electron chi connectivity index (χ1n) is 5.79. The van der Waals surface area contributed by atoms with E-state index in [-0.39, 0.29) is 12.5 Å². The van der Waals surface area contributed by atoms with E-state index in [1.54, 1.807) is 16.9 Å². The van der Waals surface area contributed by atoms with Crippen molar-refractivity contribution in [2.45, 2.75) is 45.5 Å². The molecule has 1 aromatic heterocycles. The van der Waals surface area contributed by atoms with E-state index < -0.39 is 12.6 Å². The quantitative estimate of drug-likeness (QED) is 0.840. The molecule has 6 heteroatoms. The van der Waals surface area contributed by atoms with Crippen molar-refractivity contribution in [3.63, 3.8) is 0 Å². The van der Waals surface area contributed by atoms with Gasteiger partial charge in [-0.25, -0.2) is 0 Å². The SMILES string of the molecule is CCNC(CCC(F)(F)F)c1ccnn1CC. The number of hydrogen-bond acceptors (Lipinski definition) is 2. The summed E-state index contributed by atoms with van der Waals surface area (Å²) < 4.78 is 38.4. The molecule has 0 bridgehead atoms. The zero-order chi connectivity index (χ0) is 12.9. The fraction of sp³-hybridized carbons (Fsp3) is 0.727. The van der Waals surface area contributed by atoms with Crippen molar-refractivity contribution in [1.82, 2.24) is 15.1 Å². The van der Waals surface area contributed by atoms with Crippen molar-refractivity contribution < 1.29 is 13.2 Å². The summed E-state index contributed by atoms with van der Waals surface area (Å²) in [4.78, 5) is 0. The lowest BCUT2D eigenvalue weighted by atomic mass is 10.1. The van der Waals surface area contributed by atoms with E-state index in [0.717, 1.165) is 5.69 Å². The number of halogens is 3.